The van der Waals surface area contributed by atoms with Crippen molar-refractivity contribution < 1.29 is 4.79 Å². The fourth-order valence-corrected chi connectivity index (χ4v) is 2.98. The zero-order chi connectivity index (χ0) is 16.2. The fourth-order valence-electron chi connectivity index (χ4n) is 1.99. The third kappa shape index (κ3) is 5.91. The highest BCUT2D eigenvalue weighted by Gasteiger charge is 2.20. The lowest BCUT2D eigenvalue weighted by Gasteiger charge is -2.19. The summed E-state index contributed by atoms with van der Waals surface area (Å²) in [6.45, 7) is 12.5. The Morgan fingerprint density at radius 2 is 2.00 bits per heavy atom. The second kappa shape index (κ2) is 7.11. The van der Waals surface area contributed by atoms with Crippen LogP contribution in [0.4, 0.5) is 10.9 Å². The van der Waals surface area contributed by atoms with Crippen LogP contribution >= 0.6 is 11.3 Å². The summed E-state index contributed by atoms with van der Waals surface area (Å²) >= 11 is 1.30. The van der Waals surface area contributed by atoms with Crippen LogP contribution in [0.3, 0.4) is 0 Å². The maximum atomic E-state index is 12.3. The summed E-state index contributed by atoms with van der Waals surface area (Å²) in [5.74, 6) is 0.750. The number of carbonyl (C=O) groups excluding carboxylic acids is 1. The monoisotopic (exact) mass is 312 g/mol. The predicted molar refractivity (Wildman–Crippen MR) is 90.9 cm³/mol. The summed E-state index contributed by atoms with van der Waals surface area (Å²) in [6.07, 6.45) is 2.08. The second-order valence-corrected chi connectivity index (χ2v) is 7.73. The van der Waals surface area contributed by atoms with Gasteiger partial charge in [-0.05, 0) is 40.0 Å². The van der Waals surface area contributed by atoms with E-state index < -0.39 is 0 Å². The number of nitrogen functional groups attached to an aromatic ring is 1. The molecule has 0 aliphatic heterocycles. The van der Waals surface area contributed by atoms with E-state index in [1.807, 2.05) is 27.7 Å². The Morgan fingerprint density at radius 1 is 1.38 bits per heavy atom. The molecule has 0 radical (unpaired) electrons. The van der Waals surface area contributed by atoms with Crippen molar-refractivity contribution in [3.8, 4) is 0 Å². The number of rotatable bonds is 6. The lowest BCUT2D eigenvalue weighted by atomic mass is 10.0. The van der Waals surface area contributed by atoms with Crippen LogP contribution in [-0.4, -0.2) is 22.5 Å². The molecule has 5 nitrogen and oxygen atoms in total. The van der Waals surface area contributed by atoms with Crippen molar-refractivity contribution in [3.05, 3.63) is 4.88 Å². The minimum atomic E-state index is -0.136. The van der Waals surface area contributed by atoms with E-state index in [1.54, 1.807) is 0 Å². The normalized spacial score (nSPS) is 14.6. The predicted octanol–water partition coefficient (Wildman–Crippen LogP) is 3.49. The summed E-state index contributed by atoms with van der Waals surface area (Å²) < 4.78 is 0. The number of hydrogen-bond acceptors (Lipinski definition) is 5. The molecule has 1 rings (SSSR count). The minimum Gasteiger partial charge on any atom is -0.382 e. The SMILES string of the molecule is CCC(C)CC(C)NC(=O)c1sc(NC(C)(C)C)nc1N. The molecule has 0 aliphatic rings. The Morgan fingerprint density at radius 3 is 2.52 bits per heavy atom. The molecule has 0 aliphatic carbocycles. The van der Waals surface area contributed by atoms with E-state index in [1.165, 1.54) is 11.3 Å². The first kappa shape index (κ1) is 17.8. The van der Waals surface area contributed by atoms with Crippen LogP contribution in [0.5, 0.6) is 0 Å². The summed E-state index contributed by atoms with van der Waals surface area (Å²) in [4.78, 5) is 17.0. The Kier molecular flexibility index (Phi) is 6.01. The van der Waals surface area contributed by atoms with Gasteiger partial charge in [-0.3, -0.25) is 4.79 Å². The topological polar surface area (TPSA) is 80.0 Å². The van der Waals surface area contributed by atoms with Gasteiger partial charge in [0.15, 0.2) is 5.13 Å². The van der Waals surface area contributed by atoms with E-state index >= 15 is 0 Å². The first-order valence-corrected chi connectivity index (χ1v) is 8.29. The summed E-state index contributed by atoms with van der Waals surface area (Å²) in [7, 11) is 0. The average molecular weight is 312 g/mol. The highest BCUT2D eigenvalue weighted by molar-refractivity contribution is 7.18. The van der Waals surface area contributed by atoms with E-state index in [0.717, 1.165) is 12.8 Å². The average Bonchev–Trinajstić information content (AvgIpc) is 2.67. The van der Waals surface area contributed by atoms with Gasteiger partial charge < -0.3 is 16.4 Å². The molecule has 2 atom stereocenters. The first-order valence-electron chi connectivity index (χ1n) is 7.47. The standard InChI is InChI=1S/C15H28N4OS/c1-7-9(2)8-10(3)17-13(20)11-12(16)18-14(21-11)19-15(4,5)6/h9-10H,7-8,16H2,1-6H3,(H,17,20)(H,18,19). The van der Waals surface area contributed by atoms with Crippen molar-refractivity contribution in [1.82, 2.24) is 10.3 Å². The maximum absolute atomic E-state index is 12.3. The Labute approximate surface area is 131 Å². The lowest BCUT2D eigenvalue weighted by molar-refractivity contribution is 0.0940. The van der Waals surface area contributed by atoms with Crippen LogP contribution in [0, 0.1) is 5.92 Å². The van der Waals surface area contributed by atoms with Crippen LogP contribution < -0.4 is 16.4 Å². The van der Waals surface area contributed by atoms with Crippen LogP contribution in [-0.2, 0) is 0 Å². The zero-order valence-corrected chi connectivity index (χ0v) is 14.7. The van der Waals surface area contributed by atoms with Crippen molar-refractivity contribution in [1.29, 1.82) is 0 Å². The second-order valence-electron chi connectivity index (χ2n) is 6.73. The van der Waals surface area contributed by atoms with E-state index in [2.05, 4.69) is 29.5 Å². The smallest absolute Gasteiger partial charge is 0.265 e. The van der Waals surface area contributed by atoms with E-state index in [9.17, 15) is 4.79 Å². The molecule has 120 valence electrons. The van der Waals surface area contributed by atoms with Gasteiger partial charge in [0.2, 0.25) is 0 Å². The van der Waals surface area contributed by atoms with E-state index in [-0.39, 0.29) is 17.5 Å². The molecule has 0 saturated carbocycles. The lowest BCUT2D eigenvalue weighted by Crippen LogP contribution is -2.33. The quantitative estimate of drug-likeness (QED) is 0.751. The zero-order valence-electron chi connectivity index (χ0n) is 13.9. The van der Waals surface area contributed by atoms with Crippen molar-refractivity contribution in [3.63, 3.8) is 0 Å². The Balaban J connectivity index is 2.70. The van der Waals surface area contributed by atoms with Crippen LogP contribution in [0.15, 0.2) is 0 Å². The van der Waals surface area contributed by atoms with Gasteiger partial charge in [-0.15, -0.1) is 0 Å². The van der Waals surface area contributed by atoms with Crippen LogP contribution in [0.25, 0.3) is 0 Å². The molecule has 4 N–H and O–H groups in total. The van der Waals surface area contributed by atoms with E-state index in [0.29, 0.717) is 21.7 Å². The molecule has 1 amide bonds. The highest BCUT2D eigenvalue weighted by Crippen LogP contribution is 2.27. The van der Waals surface area contributed by atoms with Gasteiger partial charge in [0.05, 0.1) is 0 Å². The first-order chi connectivity index (χ1) is 9.62. The third-order valence-electron chi connectivity index (χ3n) is 3.17. The van der Waals surface area contributed by atoms with Crippen molar-refractivity contribution in [2.45, 2.75) is 66.0 Å². The largest absolute Gasteiger partial charge is 0.382 e. The molecule has 1 aromatic rings. The molecule has 0 saturated heterocycles. The molecule has 0 aromatic carbocycles. The van der Waals surface area contributed by atoms with Gasteiger partial charge >= 0.3 is 0 Å². The molecule has 0 spiro atoms. The third-order valence-corrected chi connectivity index (χ3v) is 4.16. The number of amides is 1. The summed E-state index contributed by atoms with van der Waals surface area (Å²) in [5, 5.41) is 6.92. The molecule has 1 heterocycles. The molecule has 2 unspecified atom stereocenters. The Hall–Kier alpha value is -1.30. The summed E-state index contributed by atoms with van der Waals surface area (Å²) in [5.41, 5.74) is 5.75. The van der Waals surface area contributed by atoms with Gasteiger partial charge in [-0.2, -0.15) is 0 Å². The molecule has 6 heteroatoms. The number of aromatic nitrogens is 1. The Bertz CT molecular complexity index is 479. The van der Waals surface area contributed by atoms with Crippen LogP contribution in [0.2, 0.25) is 0 Å². The molecule has 21 heavy (non-hydrogen) atoms. The van der Waals surface area contributed by atoms with Gasteiger partial charge in [-0.25, -0.2) is 4.98 Å². The van der Waals surface area contributed by atoms with Crippen molar-refractivity contribution in [2.75, 3.05) is 11.1 Å². The number of carbonyl (C=O) groups is 1. The van der Waals surface area contributed by atoms with Crippen molar-refractivity contribution >= 4 is 28.2 Å². The van der Waals surface area contributed by atoms with Gasteiger partial charge in [0, 0.05) is 11.6 Å². The number of hydrogen-bond donors (Lipinski definition) is 3. The number of nitrogens with zero attached hydrogens (tertiary/aromatic N) is 1. The highest BCUT2D eigenvalue weighted by atomic mass is 32.1. The number of anilines is 2. The van der Waals surface area contributed by atoms with Gasteiger partial charge in [-0.1, -0.05) is 31.6 Å². The number of nitrogens with two attached hydrogens (primary N) is 1. The number of thiazole rings is 1. The van der Waals surface area contributed by atoms with Crippen molar-refractivity contribution in [2.24, 2.45) is 5.92 Å². The minimum absolute atomic E-state index is 0.109. The molecular formula is C15H28N4OS. The van der Waals surface area contributed by atoms with E-state index in [4.69, 9.17) is 5.73 Å². The summed E-state index contributed by atoms with van der Waals surface area (Å²) in [6, 6.07) is 0.132. The molecular weight excluding hydrogens is 284 g/mol. The molecule has 0 bridgehead atoms. The molecule has 1 aromatic heterocycles. The van der Waals surface area contributed by atoms with Gasteiger partial charge in [0.1, 0.15) is 10.7 Å². The number of nitrogens with one attached hydrogen (secondary N) is 2. The maximum Gasteiger partial charge on any atom is 0.265 e. The fraction of sp³-hybridized carbons (Fsp3) is 0.733. The van der Waals surface area contributed by atoms with Crippen LogP contribution in [0.1, 0.15) is 64.1 Å². The molecule has 0 fully saturated rings. The van der Waals surface area contributed by atoms with Gasteiger partial charge in [0.25, 0.3) is 5.91 Å².